The fourth-order valence-electron chi connectivity index (χ4n) is 2.96. The second-order valence-electron chi connectivity index (χ2n) is 6.82. The van der Waals surface area contributed by atoms with Crippen LogP contribution >= 0.6 is 0 Å². The van der Waals surface area contributed by atoms with Gasteiger partial charge in [0.1, 0.15) is 18.0 Å². The lowest BCUT2D eigenvalue weighted by atomic mass is 10.1. The van der Waals surface area contributed by atoms with Crippen LogP contribution in [0.2, 0.25) is 0 Å². The van der Waals surface area contributed by atoms with Crippen molar-refractivity contribution in [3.8, 4) is 11.3 Å². The molecule has 6 heteroatoms. The van der Waals surface area contributed by atoms with Gasteiger partial charge in [-0.3, -0.25) is 4.79 Å². The molecule has 30 heavy (non-hydrogen) atoms. The second kappa shape index (κ2) is 8.53. The number of benzene rings is 3. The summed E-state index contributed by atoms with van der Waals surface area (Å²) in [4.78, 5) is 21.1. The molecule has 0 bridgehead atoms. The van der Waals surface area contributed by atoms with E-state index in [2.05, 4.69) is 20.6 Å². The van der Waals surface area contributed by atoms with Gasteiger partial charge < -0.3 is 10.6 Å². The van der Waals surface area contributed by atoms with Crippen LogP contribution < -0.4 is 10.6 Å². The summed E-state index contributed by atoms with van der Waals surface area (Å²) in [6.07, 6.45) is 1.50. The zero-order chi connectivity index (χ0) is 20.9. The molecule has 0 saturated carbocycles. The van der Waals surface area contributed by atoms with Crippen LogP contribution in [0.1, 0.15) is 15.9 Å². The normalized spacial score (nSPS) is 10.5. The third-order valence-corrected chi connectivity index (χ3v) is 4.49. The Morgan fingerprint density at radius 1 is 0.867 bits per heavy atom. The van der Waals surface area contributed by atoms with Crippen molar-refractivity contribution in [2.75, 3.05) is 10.6 Å². The molecule has 5 nitrogen and oxygen atoms in total. The van der Waals surface area contributed by atoms with Crippen LogP contribution in [-0.4, -0.2) is 15.9 Å². The molecule has 0 unspecified atom stereocenters. The number of rotatable bonds is 5. The van der Waals surface area contributed by atoms with Gasteiger partial charge in [-0.1, -0.05) is 42.0 Å². The van der Waals surface area contributed by atoms with E-state index in [1.54, 1.807) is 30.3 Å². The van der Waals surface area contributed by atoms with E-state index in [1.807, 2.05) is 43.3 Å². The first-order valence-electron chi connectivity index (χ1n) is 9.40. The summed E-state index contributed by atoms with van der Waals surface area (Å²) < 4.78 is 13.3. The highest BCUT2D eigenvalue weighted by Gasteiger charge is 2.08. The number of carbonyl (C=O) groups is 1. The van der Waals surface area contributed by atoms with Gasteiger partial charge in [0.15, 0.2) is 0 Å². The molecule has 1 heterocycles. The molecule has 3 aromatic carbocycles. The summed E-state index contributed by atoms with van der Waals surface area (Å²) >= 11 is 0. The van der Waals surface area contributed by atoms with Gasteiger partial charge in [0, 0.05) is 28.6 Å². The Kier molecular flexibility index (Phi) is 5.48. The summed E-state index contributed by atoms with van der Waals surface area (Å²) in [5.41, 5.74) is 4.52. The lowest BCUT2D eigenvalue weighted by molar-refractivity contribution is 0.102. The number of aryl methyl sites for hydroxylation is 1. The van der Waals surface area contributed by atoms with E-state index in [0.717, 1.165) is 11.3 Å². The highest BCUT2D eigenvalue weighted by Crippen LogP contribution is 2.22. The maximum Gasteiger partial charge on any atom is 0.255 e. The molecule has 0 aliphatic rings. The molecular weight excluding hydrogens is 379 g/mol. The maximum atomic E-state index is 13.3. The molecule has 2 N–H and O–H groups in total. The number of carbonyl (C=O) groups excluding carboxylic acids is 1. The molecule has 148 valence electrons. The van der Waals surface area contributed by atoms with Crippen LogP contribution in [-0.2, 0) is 0 Å². The van der Waals surface area contributed by atoms with E-state index in [1.165, 1.54) is 24.0 Å². The molecular formula is C24H19FN4O. The van der Waals surface area contributed by atoms with Crippen LogP contribution in [0.4, 0.5) is 21.6 Å². The third kappa shape index (κ3) is 4.67. The maximum absolute atomic E-state index is 13.3. The fourth-order valence-corrected chi connectivity index (χ4v) is 2.96. The minimum absolute atomic E-state index is 0.327. The molecule has 0 saturated heterocycles. The second-order valence-corrected chi connectivity index (χ2v) is 6.82. The minimum atomic E-state index is -0.406. The van der Waals surface area contributed by atoms with Crippen molar-refractivity contribution in [1.29, 1.82) is 0 Å². The number of nitrogens with one attached hydrogen (secondary N) is 2. The highest BCUT2D eigenvalue weighted by molar-refractivity contribution is 6.04. The molecule has 1 amide bonds. The van der Waals surface area contributed by atoms with Crippen LogP contribution in [0.25, 0.3) is 11.3 Å². The van der Waals surface area contributed by atoms with Crippen LogP contribution in [0.15, 0.2) is 85.2 Å². The summed E-state index contributed by atoms with van der Waals surface area (Å²) in [5.74, 6) is -0.119. The summed E-state index contributed by atoms with van der Waals surface area (Å²) in [5, 5.41) is 5.90. The number of halogens is 1. The number of amides is 1. The Bertz CT molecular complexity index is 1190. The molecule has 4 aromatic rings. The monoisotopic (exact) mass is 398 g/mol. The van der Waals surface area contributed by atoms with Crippen LogP contribution in [0.5, 0.6) is 0 Å². The predicted octanol–water partition coefficient (Wildman–Crippen LogP) is 5.59. The molecule has 0 radical (unpaired) electrons. The number of nitrogens with zero attached hydrogens (tertiary/aromatic N) is 2. The lowest BCUT2D eigenvalue weighted by Gasteiger charge is -2.10. The van der Waals surface area contributed by atoms with Gasteiger partial charge in [0.25, 0.3) is 5.91 Å². The summed E-state index contributed by atoms with van der Waals surface area (Å²) in [6.45, 7) is 2.04. The Morgan fingerprint density at radius 2 is 1.63 bits per heavy atom. The van der Waals surface area contributed by atoms with Gasteiger partial charge >= 0.3 is 0 Å². The average Bonchev–Trinajstić information content (AvgIpc) is 2.75. The summed E-state index contributed by atoms with van der Waals surface area (Å²) in [6, 6.07) is 22.7. The SMILES string of the molecule is Cc1ccc(-c2cc(Nc3cccc(C(=O)Nc4cccc(F)c4)c3)ncn2)cc1. The number of hydrogen-bond acceptors (Lipinski definition) is 4. The first-order chi connectivity index (χ1) is 14.6. The standard InChI is InChI=1S/C24H19FN4O/c1-16-8-10-17(11-9-16)22-14-23(27-15-26-22)28-20-6-2-4-18(12-20)24(30)29-21-7-3-5-19(25)13-21/h2-15H,1H3,(H,29,30)(H,26,27,28). The van der Waals surface area contributed by atoms with Crippen molar-refractivity contribution >= 4 is 23.1 Å². The van der Waals surface area contributed by atoms with Gasteiger partial charge in [-0.2, -0.15) is 0 Å². The van der Waals surface area contributed by atoms with Crippen molar-refractivity contribution in [1.82, 2.24) is 9.97 Å². The van der Waals surface area contributed by atoms with Crippen LogP contribution in [0.3, 0.4) is 0 Å². The van der Waals surface area contributed by atoms with E-state index in [0.29, 0.717) is 22.8 Å². The minimum Gasteiger partial charge on any atom is -0.340 e. The van der Waals surface area contributed by atoms with Crippen molar-refractivity contribution in [2.45, 2.75) is 6.92 Å². The average molecular weight is 398 g/mol. The van der Waals surface area contributed by atoms with E-state index in [-0.39, 0.29) is 5.91 Å². The Hall–Kier alpha value is -4.06. The molecule has 4 rings (SSSR count). The number of hydrogen-bond donors (Lipinski definition) is 2. The zero-order valence-electron chi connectivity index (χ0n) is 16.3. The molecule has 0 atom stereocenters. The van der Waals surface area contributed by atoms with Gasteiger partial charge in [-0.05, 0) is 43.3 Å². The molecule has 0 fully saturated rings. The highest BCUT2D eigenvalue weighted by atomic mass is 19.1. The van der Waals surface area contributed by atoms with E-state index >= 15 is 0 Å². The Morgan fingerprint density at radius 3 is 2.43 bits per heavy atom. The van der Waals surface area contributed by atoms with Crippen LogP contribution in [0, 0.1) is 12.7 Å². The lowest BCUT2D eigenvalue weighted by Crippen LogP contribution is -2.12. The molecule has 0 aliphatic heterocycles. The van der Waals surface area contributed by atoms with Gasteiger partial charge in [-0.15, -0.1) is 0 Å². The number of aromatic nitrogens is 2. The predicted molar refractivity (Wildman–Crippen MR) is 116 cm³/mol. The molecule has 0 spiro atoms. The Labute approximate surface area is 173 Å². The largest absolute Gasteiger partial charge is 0.340 e. The van der Waals surface area contributed by atoms with Gasteiger partial charge in [-0.25, -0.2) is 14.4 Å². The Balaban J connectivity index is 1.51. The topological polar surface area (TPSA) is 66.9 Å². The van der Waals surface area contributed by atoms with Gasteiger partial charge in [0.2, 0.25) is 0 Å². The quantitative estimate of drug-likeness (QED) is 0.460. The first kappa shape index (κ1) is 19.3. The van der Waals surface area contributed by atoms with Crippen molar-refractivity contribution < 1.29 is 9.18 Å². The number of anilines is 3. The van der Waals surface area contributed by atoms with Crippen molar-refractivity contribution in [3.05, 3.63) is 102 Å². The van der Waals surface area contributed by atoms with Gasteiger partial charge in [0.05, 0.1) is 5.69 Å². The third-order valence-electron chi connectivity index (χ3n) is 4.49. The molecule has 0 aliphatic carbocycles. The zero-order valence-corrected chi connectivity index (χ0v) is 16.3. The smallest absolute Gasteiger partial charge is 0.255 e. The van der Waals surface area contributed by atoms with E-state index in [4.69, 9.17) is 0 Å². The van der Waals surface area contributed by atoms with E-state index in [9.17, 15) is 9.18 Å². The van der Waals surface area contributed by atoms with Crippen molar-refractivity contribution in [2.24, 2.45) is 0 Å². The first-order valence-corrected chi connectivity index (χ1v) is 9.40. The molecule has 1 aromatic heterocycles. The summed E-state index contributed by atoms with van der Waals surface area (Å²) in [7, 11) is 0. The fraction of sp³-hybridized carbons (Fsp3) is 0.0417. The van der Waals surface area contributed by atoms with E-state index < -0.39 is 5.82 Å². The van der Waals surface area contributed by atoms with Crippen molar-refractivity contribution in [3.63, 3.8) is 0 Å².